The Kier molecular flexibility index (Phi) is 15.1. The number of alkyl halides is 3. The van der Waals surface area contributed by atoms with Gasteiger partial charge in [0.15, 0.2) is 5.78 Å². The number of β-amino-alcohol motifs (C(OH)–C–C–N with tert-alkyl or cyclic N) is 1. The molecule has 0 aromatic heterocycles. The van der Waals surface area contributed by atoms with Crippen LogP contribution in [0.25, 0.3) is 0 Å². The van der Waals surface area contributed by atoms with Gasteiger partial charge in [-0.15, -0.1) is 0 Å². The molecule has 2 N–H and O–H groups in total. The molecule has 0 spiro atoms. The Bertz CT molecular complexity index is 2790. The molecule has 384 valence electrons. The summed E-state index contributed by atoms with van der Waals surface area (Å²) in [6.07, 6.45) is -3.89. The van der Waals surface area contributed by atoms with Gasteiger partial charge in [-0.1, -0.05) is 84.0 Å². The average Bonchev–Trinajstić information content (AvgIpc) is 3.92. The van der Waals surface area contributed by atoms with Crippen LogP contribution in [0.5, 0.6) is 5.75 Å². The Morgan fingerprint density at radius 3 is 2.18 bits per heavy atom. The molecule has 2 saturated heterocycles. The maximum absolute atomic E-state index is 14.3. The number of carbonyl (C=O) groups excluding carboxylic acids is 4. The number of rotatable bonds is 16. The predicted molar refractivity (Wildman–Crippen MR) is 268 cm³/mol. The number of hydrogen-bond acceptors (Lipinski definition) is 10. The van der Waals surface area contributed by atoms with Gasteiger partial charge in [-0.3, -0.25) is 24.1 Å². The summed E-state index contributed by atoms with van der Waals surface area (Å²) in [5.41, 5.74) is 2.88. The van der Waals surface area contributed by atoms with Crippen molar-refractivity contribution in [1.82, 2.24) is 20.0 Å². The summed E-state index contributed by atoms with van der Waals surface area (Å²) in [6, 6.07) is 25.9. The summed E-state index contributed by atoms with van der Waals surface area (Å²) >= 11 is 0. The fourth-order valence-electron chi connectivity index (χ4n) is 12.0. The highest BCUT2D eigenvalue weighted by Crippen LogP contribution is 2.62. The standard InChI is InChI=1S/C57H64F3N7O6/c1-35(2)50(53(72)66-34-43(68)27-47(66)51(70)63-32-38-11-9-37(30-61)10-12-38)67-33-41-17-19-42(26-45(41)52(67)71)65-24-22-64(23-25-65)21-7-8-36-13-15-39(16-14-36)48(69)29-49-55(3,4)54(56(49,5)6)73-44-20-18-40(31-62)46(28-44)57(58,59)60/h9-20,26,28,35,43,47,49-50,54,68H,7-8,21-25,27,29,32-34H2,1-6H3,(H,63,70)/t43-,47+,49?,50-,54?/m1/s1. The number of amides is 3. The minimum atomic E-state index is -4.69. The van der Waals surface area contributed by atoms with Crippen molar-refractivity contribution in [2.24, 2.45) is 22.7 Å². The lowest BCUT2D eigenvalue weighted by molar-refractivity contribution is -0.196. The lowest BCUT2D eigenvalue weighted by atomic mass is 9.44. The number of aliphatic hydroxyl groups is 1. The average molecular weight is 1000 g/mol. The Hall–Kier alpha value is -6.75. The van der Waals surface area contributed by atoms with Gasteiger partial charge in [0.2, 0.25) is 11.8 Å². The summed E-state index contributed by atoms with van der Waals surface area (Å²) in [5, 5.41) is 31.8. The van der Waals surface area contributed by atoms with E-state index in [1.54, 1.807) is 35.2 Å². The molecule has 3 aliphatic heterocycles. The summed E-state index contributed by atoms with van der Waals surface area (Å²) in [4.78, 5) is 63.3. The van der Waals surface area contributed by atoms with Gasteiger partial charge in [0, 0.05) is 86.3 Å². The molecule has 0 radical (unpaired) electrons. The molecule has 4 aromatic carbocycles. The number of hydrogen-bond donors (Lipinski definition) is 2. The fraction of sp³-hybridized carbons (Fsp3) is 0.474. The lowest BCUT2D eigenvalue weighted by Crippen LogP contribution is -2.66. The number of Topliss-reactive ketones (excluding diaryl/α,β-unsaturated/α-hetero) is 1. The molecule has 16 heteroatoms. The maximum Gasteiger partial charge on any atom is 0.417 e. The molecular weight excluding hydrogens is 936 g/mol. The molecule has 0 bridgehead atoms. The molecule has 0 unspecified atom stereocenters. The number of carbonyl (C=O) groups is 4. The molecular formula is C57H64F3N7O6. The number of aryl methyl sites for hydroxylation is 1. The molecule has 1 saturated carbocycles. The van der Waals surface area contributed by atoms with E-state index in [1.807, 2.05) is 84.0 Å². The molecule has 13 nitrogen and oxygen atoms in total. The number of piperazine rings is 1. The molecule has 4 aliphatic rings. The van der Waals surface area contributed by atoms with Gasteiger partial charge in [0.25, 0.3) is 5.91 Å². The van der Waals surface area contributed by atoms with E-state index in [2.05, 4.69) is 21.2 Å². The van der Waals surface area contributed by atoms with E-state index >= 15 is 0 Å². The molecule has 3 amide bonds. The molecule has 4 aromatic rings. The third-order valence-corrected chi connectivity index (χ3v) is 15.7. The van der Waals surface area contributed by atoms with E-state index in [1.165, 1.54) is 11.0 Å². The smallest absolute Gasteiger partial charge is 0.417 e. The molecule has 3 heterocycles. The first kappa shape index (κ1) is 52.6. The Morgan fingerprint density at radius 2 is 1.55 bits per heavy atom. The minimum Gasteiger partial charge on any atom is -0.489 e. The van der Waals surface area contributed by atoms with Gasteiger partial charge in [-0.25, -0.2) is 0 Å². The predicted octanol–water partition coefficient (Wildman–Crippen LogP) is 8.16. The fourth-order valence-corrected chi connectivity index (χ4v) is 12.0. The van der Waals surface area contributed by atoms with Gasteiger partial charge >= 0.3 is 6.18 Å². The number of nitrogens with one attached hydrogen (secondary N) is 1. The summed E-state index contributed by atoms with van der Waals surface area (Å²) in [6.45, 7) is 16.3. The van der Waals surface area contributed by atoms with Crippen molar-refractivity contribution in [3.63, 3.8) is 0 Å². The number of aliphatic hydroxyl groups excluding tert-OH is 1. The number of anilines is 1. The Morgan fingerprint density at radius 1 is 0.877 bits per heavy atom. The van der Waals surface area contributed by atoms with Crippen molar-refractivity contribution in [3.8, 4) is 17.9 Å². The zero-order chi connectivity index (χ0) is 52.6. The summed E-state index contributed by atoms with van der Waals surface area (Å²) in [7, 11) is 0. The van der Waals surface area contributed by atoms with Crippen LogP contribution in [0.2, 0.25) is 0 Å². The Labute approximate surface area is 425 Å². The second-order valence-electron chi connectivity index (χ2n) is 21.7. The van der Waals surface area contributed by atoms with Crippen molar-refractivity contribution in [1.29, 1.82) is 10.5 Å². The topological polar surface area (TPSA) is 170 Å². The van der Waals surface area contributed by atoms with E-state index in [0.29, 0.717) is 16.7 Å². The van der Waals surface area contributed by atoms with Crippen molar-refractivity contribution < 1.29 is 42.2 Å². The zero-order valence-electron chi connectivity index (χ0n) is 42.3. The van der Waals surface area contributed by atoms with Crippen LogP contribution in [-0.4, -0.2) is 107 Å². The van der Waals surface area contributed by atoms with Crippen LogP contribution in [0.4, 0.5) is 18.9 Å². The van der Waals surface area contributed by atoms with Crippen molar-refractivity contribution in [2.45, 2.75) is 111 Å². The highest BCUT2D eigenvalue weighted by atomic mass is 19.4. The number of nitrogens with zero attached hydrogens (tertiary/aromatic N) is 6. The van der Waals surface area contributed by atoms with Gasteiger partial charge < -0.3 is 29.9 Å². The number of nitriles is 2. The summed E-state index contributed by atoms with van der Waals surface area (Å²) in [5.74, 6) is -1.30. The molecule has 73 heavy (non-hydrogen) atoms. The van der Waals surface area contributed by atoms with Crippen molar-refractivity contribution in [3.05, 3.63) is 129 Å². The van der Waals surface area contributed by atoms with Crippen molar-refractivity contribution in [2.75, 3.05) is 44.2 Å². The van der Waals surface area contributed by atoms with E-state index in [9.17, 15) is 42.7 Å². The highest BCUT2D eigenvalue weighted by Gasteiger charge is 2.63. The summed E-state index contributed by atoms with van der Waals surface area (Å²) < 4.78 is 47.1. The van der Waals surface area contributed by atoms with Crippen LogP contribution < -0.4 is 15.0 Å². The molecule has 8 rings (SSSR count). The second-order valence-corrected chi connectivity index (χ2v) is 21.7. The van der Waals surface area contributed by atoms with Gasteiger partial charge in [-0.2, -0.15) is 23.7 Å². The SMILES string of the molecule is CC(C)[C@H](C(=O)N1C[C@H](O)C[C@H]1C(=O)NCc1ccc(C#N)cc1)N1Cc2ccc(N3CCN(CCCc4ccc(C(=O)CC5C(C)(C)C(Oc6ccc(C#N)c(C(F)(F)F)c6)C5(C)C)cc4)CC3)cc2C1=O. The maximum atomic E-state index is 14.3. The van der Waals surface area contributed by atoms with Gasteiger partial charge in [-0.05, 0) is 90.4 Å². The Balaban J connectivity index is 0.795. The number of halogens is 3. The first-order valence-electron chi connectivity index (χ1n) is 25.2. The number of ketones is 1. The largest absolute Gasteiger partial charge is 0.489 e. The first-order valence-corrected chi connectivity index (χ1v) is 25.2. The van der Waals surface area contributed by atoms with Crippen LogP contribution in [0, 0.1) is 45.3 Å². The molecule has 3 atom stereocenters. The monoisotopic (exact) mass is 999 g/mol. The van der Waals surface area contributed by atoms with Gasteiger partial charge in [0.1, 0.15) is 23.9 Å². The number of fused-ring (bicyclic) bond motifs is 1. The molecule has 1 aliphatic carbocycles. The quantitative estimate of drug-likeness (QED) is 0.104. The third kappa shape index (κ3) is 11.0. The zero-order valence-corrected chi connectivity index (χ0v) is 42.3. The normalized spacial score (nSPS) is 21.8. The number of likely N-dealkylation sites (tertiary alicyclic amines) is 1. The minimum absolute atomic E-state index is 0.000483. The van der Waals surface area contributed by atoms with Crippen LogP contribution in [0.1, 0.15) is 115 Å². The van der Waals surface area contributed by atoms with E-state index in [-0.39, 0.29) is 73.6 Å². The van der Waals surface area contributed by atoms with E-state index < -0.39 is 52.4 Å². The van der Waals surface area contributed by atoms with Crippen molar-refractivity contribution >= 4 is 29.2 Å². The van der Waals surface area contributed by atoms with E-state index in [0.717, 1.165) is 80.1 Å². The molecule has 3 fully saturated rings. The third-order valence-electron chi connectivity index (χ3n) is 15.7. The second kappa shape index (κ2) is 21.0. The van der Waals surface area contributed by atoms with E-state index in [4.69, 9.17) is 10.00 Å². The first-order chi connectivity index (χ1) is 34.6. The van der Waals surface area contributed by atoms with Crippen LogP contribution in [0.3, 0.4) is 0 Å². The van der Waals surface area contributed by atoms with Crippen LogP contribution in [0.15, 0.2) is 84.9 Å². The van der Waals surface area contributed by atoms with Gasteiger partial charge in [0.05, 0.1) is 34.9 Å². The van der Waals surface area contributed by atoms with Crippen LogP contribution in [-0.2, 0) is 35.3 Å². The lowest BCUT2D eigenvalue weighted by Gasteiger charge is -2.63. The highest BCUT2D eigenvalue weighted by molar-refractivity contribution is 6.02. The number of benzene rings is 4. The number of ether oxygens (including phenoxy) is 1. The van der Waals surface area contributed by atoms with Crippen LogP contribution >= 0.6 is 0 Å².